The molecule has 0 saturated heterocycles. The highest BCUT2D eigenvalue weighted by molar-refractivity contribution is 6.57. The standard InChI is InChI=1S/C11H7Cl2N3O3/c1-5-2-3-6-7(4-5)15-11(14-6)8(16(18)19)9(17)10(12)13/h2-4,10,15H,1H2/b11-8-. The first-order chi connectivity index (χ1) is 8.90. The molecule has 0 aliphatic carbocycles. The molecule has 0 saturated carbocycles. The van der Waals surface area contributed by atoms with Crippen molar-refractivity contribution in [2.24, 2.45) is 0 Å². The number of hydrogen-bond acceptors (Lipinski definition) is 4. The van der Waals surface area contributed by atoms with Gasteiger partial charge in [-0.3, -0.25) is 14.9 Å². The lowest BCUT2D eigenvalue weighted by Gasteiger charge is -1.95. The van der Waals surface area contributed by atoms with Gasteiger partial charge in [0.15, 0.2) is 4.84 Å². The van der Waals surface area contributed by atoms with Crippen LogP contribution in [0, 0.1) is 10.1 Å². The minimum Gasteiger partial charge on any atom is -0.333 e. The Bertz CT molecular complexity index is 782. The van der Waals surface area contributed by atoms with Crippen LogP contribution in [0.5, 0.6) is 0 Å². The minimum atomic E-state index is -1.52. The van der Waals surface area contributed by atoms with Gasteiger partial charge in [-0.15, -0.1) is 0 Å². The van der Waals surface area contributed by atoms with Crippen LogP contribution in [0.25, 0.3) is 23.3 Å². The van der Waals surface area contributed by atoms with Crippen LogP contribution in [0.4, 0.5) is 0 Å². The Kier molecular flexibility index (Phi) is 3.55. The number of fused-ring (bicyclic) bond motifs is 1. The number of alkyl halides is 2. The third-order valence-corrected chi connectivity index (χ3v) is 2.78. The van der Waals surface area contributed by atoms with Crippen LogP contribution in [0.2, 0.25) is 0 Å². The molecule has 1 aromatic carbocycles. The molecule has 6 nitrogen and oxygen atoms in total. The van der Waals surface area contributed by atoms with E-state index in [4.69, 9.17) is 23.2 Å². The molecule has 0 unspecified atom stereocenters. The van der Waals surface area contributed by atoms with Gasteiger partial charge in [0.05, 0.1) is 16.0 Å². The van der Waals surface area contributed by atoms with Crippen molar-refractivity contribution in [3.05, 3.63) is 39.0 Å². The number of halogens is 2. The zero-order valence-electron chi connectivity index (χ0n) is 9.39. The van der Waals surface area contributed by atoms with Crippen molar-refractivity contribution in [1.82, 2.24) is 9.97 Å². The van der Waals surface area contributed by atoms with Crippen molar-refractivity contribution in [3.63, 3.8) is 0 Å². The highest BCUT2D eigenvalue weighted by Gasteiger charge is 2.30. The molecule has 0 aliphatic heterocycles. The first-order valence-corrected chi connectivity index (χ1v) is 5.93. The molecule has 0 fully saturated rings. The number of benzene rings is 1. The number of nitrogens with zero attached hydrogens (tertiary/aromatic N) is 2. The third kappa shape index (κ3) is 2.59. The van der Waals surface area contributed by atoms with Gasteiger partial charge in [0.25, 0.3) is 5.78 Å². The number of aromatic nitrogens is 2. The summed E-state index contributed by atoms with van der Waals surface area (Å²) in [6.07, 6.45) is 0. The number of H-pyrrole nitrogens is 1. The summed E-state index contributed by atoms with van der Waals surface area (Å²) < 4.78 is 0. The normalized spacial score (nSPS) is 12.8. The van der Waals surface area contributed by atoms with E-state index in [1.54, 1.807) is 18.2 Å². The number of carbonyl (C=O) groups excluding carboxylic acids is 1. The largest absolute Gasteiger partial charge is 0.357 e. The molecule has 0 bridgehead atoms. The summed E-state index contributed by atoms with van der Waals surface area (Å²) in [5.74, 6) is -1.01. The minimum absolute atomic E-state index is 0.179. The van der Waals surface area contributed by atoms with E-state index in [-0.39, 0.29) is 5.48 Å². The van der Waals surface area contributed by atoms with Crippen molar-refractivity contribution in [2.75, 3.05) is 0 Å². The summed E-state index contributed by atoms with van der Waals surface area (Å²) in [5, 5.41) is 11.7. The fourth-order valence-corrected chi connectivity index (χ4v) is 1.77. The van der Waals surface area contributed by atoms with E-state index < -0.39 is 21.2 Å². The maximum absolute atomic E-state index is 11.6. The number of carbonyl (C=O) groups is 1. The number of rotatable bonds is 3. The average molecular weight is 300 g/mol. The molecule has 8 heteroatoms. The van der Waals surface area contributed by atoms with Gasteiger partial charge in [-0.05, 0) is 17.4 Å². The van der Waals surface area contributed by atoms with Crippen molar-refractivity contribution in [3.8, 4) is 0 Å². The second kappa shape index (κ2) is 4.99. The lowest BCUT2D eigenvalue weighted by atomic mass is 10.3. The maximum atomic E-state index is 11.6. The number of ketones is 1. The van der Waals surface area contributed by atoms with Crippen LogP contribution in [0.1, 0.15) is 0 Å². The predicted octanol–water partition coefficient (Wildman–Crippen LogP) is 0.731. The van der Waals surface area contributed by atoms with Crippen LogP contribution in [0.3, 0.4) is 0 Å². The molecule has 1 N–H and O–H groups in total. The molecule has 0 spiro atoms. The van der Waals surface area contributed by atoms with Crippen LogP contribution < -0.4 is 10.7 Å². The average Bonchev–Trinajstić information content (AvgIpc) is 2.70. The summed E-state index contributed by atoms with van der Waals surface area (Å²) in [6.45, 7) is 3.73. The zero-order valence-corrected chi connectivity index (χ0v) is 10.9. The van der Waals surface area contributed by atoms with Crippen molar-refractivity contribution in [2.45, 2.75) is 4.84 Å². The van der Waals surface area contributed by atoms with Gasteiger partial charge in [-0.2, -0.15) is 0 Å². The van der Waals surface area contributed by atoms with Crippen molar-refractivity contribution < 1.29 is 9.72 Å². The van der Waals surface area contributed by atoms with Crippen LogP contribution in [0.15, 0.2) is 18.2 Å². The van der Waals surface area contributed by atoms with Crippen LogP contribution in [-0.4, -0.2) is 25.5 Å². The van der Waals surface area contributed by atoms with Gasteiger partial charge in [-0.1, -0.05) is 35.8 Å². The molecular weight excluding hydrogens is 293 g/mol. The molecule has 0 radical (unpaired) electrons. The molecule has 0 amide bonds. The van der Waals surface area contributed by atoms with E-state index in [1.807, 2.05) is 0 Å². The number of nitrogens with one attached hydrogen (secondary N) is 1. The number of Topliss-reactive ketones (excluding diaryl/α,β-unsaturated/α-hetero) is 1. The third-order valence-electron chi connectivity index (χ3n) is 2.38. The predicted molar refractivity (Wildman–Crippen MR) is 71.8 cm³/mol. The van der Waals surface area contributed by atoms with Gasteiger partial charge in [0.1, 0.15) is 0 Å². The zero-order chi connectivity index (χ0) is 14.2. The number of nitro groups is 1. The molecule has 0 atom stereocenters. The molecule has 2 rings (SSSR count). The molecule has 19 heavy (non-hydrogen) atoms. The summed E-state index contributed by atoms with van der Waals surface area (Å²) in [7, 11) is 0. The van der Waals surface area contributed by atoms with Gasteiger partial charge < -0.3 is 4.98 Å². The van der Waals surface area contributed by atoms with Gasteiger partial charge >= 0.3 is 5.70 Å². The summed E-state index contributed by atoms with van der Waals surface area (Å²) in [4.78, 5) is 26.9. The monoisotopic (exact) mass is 299 g/mol. The van der Waals surface area contributed by atoms with E-state index >= 15 is 0 Å². The van der Waals surface area contributed by atoms with E-state index in [9.17, 15) is 14.9 Å². The Balaban J connectivity index is 2.79. The number of aromatic amines is 1. The van der Waals surface area contributed by atoms with Gasteiger partial charge in [0.2, 0.25) is 5.48 Å². The van der Waals surface area contributed by atoms with E-state index in [0.29, 0.717) is 16.3 Å². The van der Waals surface area contributed by atoms with E-state index in [1.165, 1.54) is 0 Å². The molecule has 98 valence electrons. The maximum Gasteiger partial charge on any atom is 0.357 e. The smallest absolute Gasteiger partial charge is 0.333 e. The first-order valence-electron chi connectivity index (χ1n) is 5.06. The SMILES string of the molecule is C=c1ccc2n/c(=C(\C(=O)C(Cl)Cl)[N+](=O)[O-])[nH]c2c1. The molecule has 0 aliphatic rings. The molecular formula is C11H7Cl2N3O3. The number of imidazole rings is 1. The second-order valence-corrected chi connectivity index (χ2v) is 4.80. The summed E-state index contributed by atoms with van der Waals surface area (Å²) in [6, 6.07) is 5.00. The lowest BCUT2D eigenvalue weighted by molar-refractivity contribution is -0.376. The summed E-state index contributed by atoms with van der Waals surface area (Å²) >= 11 is 10.8. The highest BCUT2D eigenvalue weighted by Crippen LogP contribution is 2.11. The Hall–Kier alpha value is -1.92. The second-order valence-electron chi connectivity index (χ2n) is 3.71. The fourth-order valence-electron chi connectivity index (χ4n) is 1.57. The molecule has 1 heterocycles. The van der Waals surface area contributed by atoms with E-state index in [0.717, 1.165) is 0 Å². The highest BCUT2D eigenvalue weighted by atomic mass is 35.5. The molecule has 2 aromatic rings. The number of hydrogen-bond donors (Lipinski definition) is 1. The topological polar surface area (TPSA) is 88.9 Å². The fraction of sp³-hybridized carbons (Fsp3) is 0.0909. The van der Waals surface area contributed by atoms with Gasteiger partial charge in [0, 0.05) is 0 Å². The first kappa shape index (κ1) is 13.5. The Morgan fingerprint density at radius 2 is 2.16 bits per heavy atom. The van der Waals surface area contributed by atoms with Crippen LogP contribution in [-0.2, 0) is 4.79 Å². The Morgan fingerprint density at radius 3 is 2.74 bits per heavy atom. The Labute approximate surface area is 116 Å². The quantitative estimate of drug-likeness (QED) is 0.514. The molecule has 1 aromatic heterocycles. The van der Waals surface area contributed by atoms with Gasteiger partial charge in [-0.25, -0.2) is 4.98 Å². The van der Waals surface area contributed by atoms with Crippen molar-refractivity contribution in [1.29, 1.82) is 0 Å². The lowest BCUT2D eigenvalue weighted by Crippen LogP contribution is -2.26. The van der Waals surface area contributed by atoms with Crippen molar-refractivity contribution >= 4 is 52.3 Å². The summed E-state index contributed by atoms with van der Waals surface area (Å²) in [5.41, 5.74) is 0.0734. The van der Waals surface area contributed by atoms with Crippen LogP contribution >= 0.6 is 23.2 Å². The Morgan fingerprint density at radius 1 is 1.47 bits per heavy atom. The van der Waals surface area contributed by atoms with E-state index in [2.05, 4.69) is 16.5 Å².